The Morgan fingerprint density at radius 1 is 1.19 bits per heavy atom. The summed E-state index contributed by atoms with van der Waals surface area (Å²) in [5.74, 6) is 1.56. The highest BCUT2D eigenvalue weighted by molar-refractivity contribution is 14.0. The minimum atomic E-state index is -0.499. The van der Waals surface area contributed by atoms with Gasteiger partial charge in [0.25, 0.3) is 0 Å². The van der Waals surface area contributed by atoms with Crippen molar-refractivity contribution in [1.82, 2.24) is 25.5 Å². The number of aromatic nitrogens is 2. The Morgan fingerprint density at radius 2 is 1.85 bits per heavy atom. The lowest BCUT2D eigenvalue weighted by atomic mass is 10.2. The first-order chi connectivity index (χ1) is 12.3. The van der Waals surface area contributed by atoms with Gasteiger partial charge in [0.05, 0.1) is 17.6 Å². The number of fused-ring (bicyclic) bond motifs is 1. The maximum atomic E-state index is 11.6. The van der Waals surface area contributed by atoms with Crippen LogP contribution in [0.2, 0.25) is 0 Å². The third-order valence-corrected chi connectivity index (χ3v) is 3.60. The van der Waals surface area contributed by atoms with Gasteiger partial charge in [-0.05, 0) is 32.9 Å². The average molecular weight is 488 g/mol. The van der Waals surface area contributed by atoms with Crippen molar-refractivity contribution in [2.24, 2.45) is 12.0 Å². The van der Waals surface area contributed by atoms with E-state index in [4.69, 9.17) is 4.74 Å². The molecule has 3 N–H and O–H groups in total. The summed E-state index contributed by atoms with van der Waals surface area (Å²) in [6.45, 7) is 7.00. The van der Waals surface area contributed by atoms with Crippen LogP contribution in [0.15, 0.2) is 29.3 Å². The fourth-order valence-electron chi connectivity index (χ4n) is 2.40. The van der Waals surface area contributed by atoms with Crippen LogP contribution in [0.5, 0.6) is 0 Å². The number of rotatable bonds is 5. The van der Waals surface area contributed by atoms with E-state index in [0.29, 0.717) is 25.6 Å². The summed E-state index contributed by atoms with van der Waals surface area (Å²) in [6.07, 6.45) is -0.429. The number of hydrogen-bond donors (Lipinski definition) is 3. The smallest absolute Gasteiger partial charge is 0.407 e. The van der Waals surface area contributed by atoms with Crippen LogP contribution in [0, 0.1) is 0 Å². The molecule has 1 heterocycles. The Bertz CT molecular complexity index is 782. The van der Waals surface area contributed by atoms with E-state index in [-0.39, 0.29) is 24.0 Å². The number of nitrogens with one attached hydrogen (secondary N) is 3. The van der Waals surface area contributed by atoms with Crippen molar-refractivity contribution in [1.29, 1.82) is 0 Å². The molecule has 0 radical (unpaired) electrons. The number of amides is 1. The molecular weight excluding hydrogens is 459 g/mol. The number of aryl methyl sites for hydroxylation is 1. The van der Waals surface area contributed by atoms with E-state index >= 15 is 0 Å². The average Bonchev–Trinajstić information content (AvgIpc) is 2.89. The van der Waals surface area contributed by atoms with Crippen LogP contribution < -0.4 is 16.0 Å². The first-order valence-corrected chi connectivity index (χ1v) is 8.62. The predicted molar refractivity (Wildman–Crippen MR) is 119 cm³/mol. The lowest BCUT2D eigenvalue weighted by molar-refractivity contribution is 0.0529. The molecular formula is C18H29IN6O2. The largest absolute Gasteiger partial charge is 0.444 e. The van der Waals surface area contributed by atoms with Crippen LogP contribution in [-0.2, 0) is 18.3 Å². The number of guanidine groups is 1. The van der Waals surface area contributed by atoms with Crippen molar-refractivity contribution >= 4 is 47.1 Å². The molecule has 9 heteroatoms. The quantitative estimate of drug-likeness (QED) is 0.260. The molecule has 0 atom stereocenters. The zero-order valence-electron chi connectivity index (χ0n) is 16.5. The van der Waals surface area contributed by atoms with Crippen LogP contribution in [0.4, 0.5) is 4.79 Å². The topological polar surface area (TPSA) is 92.6 Å². The normalized spacial score (nSPS) is 11.7. The summed E-state index contributed by atoms with van der Waals surface area (Å²) in [7, 11) is 3.69. The van der Waals surface area contributed by atoms with E-state index in [0.717, 1.165) is 16.9 Å². The molecule has 1 amide bonds. The van der Waals surface area contributed by atoms with E-state index in [2.05, 4.69) is 30.5 Å². The van der Waals surface area contributed by atoms with Gasteiger partial charge in [-0.25, -0.2) is 9.78 Å². The molecule has 8 nitrogen and oxygen atoms in total. The summed E-state index contributed by atoms with van der Waals surface area (Å²) in [5.41, 5.74) is 1.56. The molecule has 0 bridgehead atoms. The molecule has 0 aliphatic rings. The van der Waals surface area contributed by atoms with E-state index < -0.39 is 11.7 Å². The van der Waals surface area contributed by atoms with Crippen LogP contribution in [0.25, 0.3) is 11.0 Å². The van der Waals surface area contributed by atoms with Crippen molar-refractivity contribution in [3.8, 4) is 0 Å². The Kier molecular flexibility index (Phi) is 8.80. The fraction of sp³-hybridized carbons (Fsp3) is 0.500. The molecule has 1 aromatic heterocycles. The van der Waals surface area contributed by atoms with E-state index in [1.807, 2.05) is 52.1 Å². The highest BCUT2D eigenvalue weighted by Crippen LogP contribution is 2.13. The summed E-state index contributed by atoms with van der Waals surface area (Å²) in [4.78, 5) is 20.4. The number of hydrogen-bond acceptors (Lipinski definition) is 4. The molecule has 0 unspecified atom stereocenters. The molecule has 150 valence electrons. The first kappa shape index (κ1) is 23.0. The van der Waals surface area contributed by atoms with E-state index in [1.165, 1.54) is 0 Å². The molecule has 0 spiro atoms. The Morgan fingerprint density at radius 3 is 2.48 bits per heavy atom. The molecule has 0 aliphatic carbocycles. The Hall–Kier alpha value is -2.04. The molecule has 2 aromatic rings. The zero-order valence-corrected chi connectivity index (χ0v) is 18.8. The standard InChI is InChI=1S/C18H28N6O2.HI/c1-18(2,3)26-17(25)21-11-10-20-16(19-4)22-12-15-23-13-8-6-7-9-14(13)24(15)5;/h6-9H,10-12H2,1-5H3,(H,21,25)(H2,19,20,22);1H. The number of halogens is 1. The molecule has 27 heavy (non-hydrogen) atoms. The molecule has 0 saturated heterocycles. The summed E-state index contributed by atoms with van der Waals surface area (Å²) in [5, 5.41) is 9.06. The number of alkyl carbamates (subject to hydrolysis) is 1. The molecule has 2 rings (SSSR count). The van der Waals surface area contributed by atoms with Crippen molar-refractivity contribution < 1.29 is 9.53 Å². The van der Waals surface area contributed by atoms with E-state index in [9.17, 15) is 4.79 Å². The van der Waals surface area contributed by atoms with Gasteiger partial charge in [-0.2, -0.15) is 0 Å². The van der Waals surface area contributed by atoms with Gasteiger partial charge in [0, 0.05) is 27.2 Å². The van der Waals surface area contributed by atoms with E-state index in [1.54, 1.807) is 7.05 Å². The molecule has 0 aliphatic heterocycles. The molecule has 0 fully saturated rings. The van der Waals surface area contributed by atoms with Gasteiger partial charge < -0.3 is 25.3 Å². The van der Waals surface area contributed by atoms with Gasteiger partial charge in [-0.1, -0.05) is 12.1 Å². The second-order valence-electron chi connectivity index (χ2n) is 6.86. The van der Waals surface area contributed by atoms with Crippen LogP contribution in [0.1, 0.15) is 26.6 Å². The van der Waals surface area contributed by atoms with Crippen molar-refractivity contribution in [3.63, 3.8) is 0 Å². The van der Waals surface area contributed by atoms with Crippen LogP contribution >= 0.6 is 24.0 Å². The van der Waals surface area contributed by atoms with Gasteiger partial charge in [0.15, 0.2) is 5.96 Å². The third kappa shape index (κ3) is 7.24. The maximum absolute atomic E-state index is 11.6. The lowest BCUT2D eigenvalue weighted by Gasteiger charge is -2.19. The van der Waals surface area contributed by atoms with Gasteiger partial charge in [-0.3, -0.25) is 4.99 Å². The number of aliphatic imine (C=N–C) groups is 1. The van der Waals surface area contributed by atoms with Crippen LogP contribution in [0.3, 0.4) is 0 Å². The summed E-state index contributed by atoms with van der Waals surface area (Å²) in [6, 6.07) is 8.01. The summed E-state index contributed by atoms with van der Waals surface area (Å²) >= 11 is 0. The number of carbonyl (C=O) groups excluding carboxylic acids is 1. The number of carbonyl (C=O) groups is 1. The minimum absolute atomic E-state index is 0. The maximum Gasteiger partial charge on any atom is 0.407 e. The number of benzene rings is 1. The second kappa shape index (κ2) is 10.3. The van der Waals surface area contributed by atoms with Crippen molar-refractivity contribution in [2.45, 2.75) is 32.9 Å². The Balaban J connectivity index is 0.00000364. The van der Waals surface area contributed by atoms with Gasteiger partial charge >= 0.3 is 6.09 Å². The molecule has 1 aromatic carbocycles. The zero-order chi connectivity index (χ0) is 19.2. The van der Waals surface area contributed by atoms with Gasteiger partial charge in [0.2, 0.25) is 0 Å². The van der Waals surface area contributed by atoms with Crippen LogP contribution in [-0.4, -0.2) is 47.3 Å². The molecule has 0 saturated carbocycles. The third-order valence-electron chi connectivity index (χ3n) is 3.60. The number of para-hydroxylation sites is 2. The summed E-state index contributed by atoms with van der Waals surface area (Å²) < 4.78 is 7.24. The highest BCUT2D eigenvalue weighted by atomic mass is 127. The second-order valence-corrected chi connectivity index (χ2v) is 6.86. The number of nitrogens with zero attached hydrogens (tertiary/aromatic N) is 3. The first-order valence-electron chi connectivity index (χ1n) is 8.62. The van der Waals surface area contributed by atoms with Crippen molar-refractivity contribution in [3.05, 3.63) is 30.1 Å². The van der Waals surface area contributed by atoms with Crippen molar-refractivity contribution in [2.75, 3.05) is 20.1 Å². The predicted octanol–water partition coefficient (Wildman–Crippen LogP) is 2.38. The van der Waals surface area contributed by atoms with Gasteiger partial charge in [-0.15, -0.1) is 24.0 Å². The minimum Gasteiger partial charge on any atom is -0.444 e. The van der Waals surface area contributed by atoms with Gasteiger partial charge in [0.1, 0.15) is 11.4 Å². The monoisotopic (exact) mass is 488 g/mol. The lowest BCUT2D eigenvalue weighted by Crippen LogP contribution is -2.42. The number of ether oxygens (including phenoxy) is 1. The Labute approximate surface area is 177 Å². The number of imidazole rings is 1. The fourth-order valence-corrected chi connectivity index (χ4v) is 2.40. The SMILES string of the molecule is CN=C(NCCNC(=O)OC(C)(C)C)NCc1nc2ccccc2n1C.I. The highest BCUT2D eigenvalue weighted by Gasteiger charge is 2.15.